The Kier molecular flexibility index (Phi) is 3.29. The summed E-state index contributed by atoms with van der Waals surface area (Å²) < 4.78 is 30.9. The third kappa shape index (κ3) is 2.85. The maximum atomic E-state index is 13.2. The molecular weight excluding hydrogens is 214 g/mol. The van der Waals surface area contributed by atoms with Crippen molar-refractivity contribution in [2.24, 2.45) is 5.92 Å². The number of carbonyl (C=O) groups is 1. The molecule has 0 saturated heterocycles. The van der Waals surface area contributed by atoms with Crippen molar-refractivity contribution in [1.29, 1.82) is 0 Å². The van der Waals surface area contributed by atoms with Gasteiger partial charge in [-0.3, -0.25) is 4.79 Å². The Balaban J connectivity index is 1.91. The lowest BCUT2D eigenvalue weighted by atomic mass is 10.1. The zero-order valence-electron chi connectivity index (χ0n) is 8.71. The van der Waals surface area contributed by atoms with Crippen molar-refractivity contribution >= 4 is 5.78 Å². The van der Waals surface area contributed by atoms with Gasteiger partial charge in [0.05, 0.1) is 12.2 Å². The molecule has 0 spiro atoms. The van der Waals surface area contributed by atoms with Crippen LogP contribution < -0.4 is 0 Å². The lowest BCUT2D eigenvalue weighted by molar-refractivity contribution is 0.0736. The van der Waals surface area contributed by atoms with Crippen molar-refractivity contribution in [1.82, 2.24) is 0 Å². The normalized spacial score (nSPS) is 15.1. The smallest absolute Gasteiger partial charge is 0.191 e. The number of halogens is 2. The molecule has 1 aliphatic carbocycles. The first-order valence-corrected chi connectivity index (χ1v) is 5.23. The van der Waals surface area contributed by atoms with Crippen LogP contribution >= 0.6 is 0 Å². The van der Waals surface area contributed by atoms with E-state index in [2.05, 4.69) is 0 Å². The second-order valence-corrected chi connectivity index (χ2v) is 4.01. The molecule has 1 aliphatic rings. The Morgan fingerprint density at radius 1 is 1.38 bits per heavy atom. The summed E-state index contributed by atoms with van der Waals surface area (Å²) in [6, 6.07) is 2.92. The molecule has 0 unspecified atom stereocenters. The second-order valence-electron chi connectivity index (χ2n) is 4.01. The first kappa shape index (κ1) is 11.2. The highest BCUT2D eigenvalue weighted by atomic mass is 19.1. The first-order chi connectivity index (χ1) is 7.66. The largest absolute Gasteiger partial charge is 0.373 e. The number of carbonyl (C=O) groups excluding carboxylic acids is 1. The van der Waals surface area contributed by atoms with E-state index in [-0.39, 0.29) is 12.2 Å². The van der Waals surface area contributed by atoms with Crippen molar-refractivity contribution in [2.45, 2.75) is 12.8 Å². The highest BCUT2D eigenvalue weighted by molar-refractivity contribution is 5.97. The van der Waals surface area contributed by atoms with Gasteiger partial charge in [0.15, 0.2) is 5.78 Å². The molecule has 0 atom stereocenters. The molecule has 0 N–H and O–H groups in total. The van der Waals surface area contributed by atoms with Gasteiger partial charge in [-0.05, 0) is 30.9 Å². The number of benzene rings is 1. The predicted octanol–water partition coefficient (Wildman–Crippen LogP) is 2.57. The van der Waals surface area contributed by atoms with Crippen LogP contribution in [-0.2, 0) is 4.74 Å². The fraction of sp³-hybridized carbons (Fsp3) is 0.417. The second kappa shape index (κ2) is 4.70. The van der Waals surface area contributed by atoms with Gasteiger partial charge in [-0.2, -0.15) is 0 Å². The van der Waals surface area contributed by atoms with E-state index in [0.29, 0.717) is 18.6 Å². The molecule has 1 saturated carbocycles. The van der Waals surface area contributed by atoms with Gasteiger partial charge in [-0.15, -0.1) is 0 Å². The topological polar surface area (TPSA) is 26.3 Å². The molecule has 0 aliphatic heterocycles. The van der Waals surface area contributed by atoms with Crippen LogP contribution in [0.5, 0.6) is 0 Å². The molecule has 0 heterocycles. The standard InChI is InChI=1S/C12H12F2O2/c13-9-3-4-10(11(14)5-9)12(15)7-16-6-8-1-2-8/h3-5,8H,1-2,6-7H2. The summed E-state index contributed by atoms with van der Waals surface area (Å²) in [5.74, 6) is -1.41. The average Bonchev–Trinajstić information content (AvgIpc) is 3.01. The van der Waals surface area contributed by atoms with Gasteiger partial charge in [0.2, 0.25) is 0 Å². The maximum absolute atomic E-state index is 13.2. The van der Waals surface area contributed by atoms with Gasteiger partial charge < -0.3 is 4.74 Å². The lowest BCUT2D eigenvalue weighted by Gasteiger charge is -2.03. The molecule has 1 aromatic carbocycles. The third-order valence-corrected chi connectivity index (χ3v) is 2.52. The van der Waals surface area contributed by atoms with Crippen LogP contribution in [0.1, 0.15) is 23.2 Å². The van der Waals surface area contributed by atoms with E-state index in [0.717, 1.165) is 25.0 Å². The fourth-order valence-corrected chi connectivity index (χ4v) is 1.40. The van der Waals surface area contributed by atoms with E-state index in [4.69, 9.17) is 4.74 Å². The highest BCUT2D eigenvalue weighted by Gasteiger charge is 2.22. The molecule has 2 rings (SSSR count). The molecule has 0 radical (unpaired) electrons. The van der Waals surface area contributed by atoms with Crippen LogP contribution in [0.4, 0.5) is 8.78 Å². The van der Waals surface area contributed by atoms with Gasteiger partial charge in [-0.25, -0.2) is 8.78 Å². The van der Waals surface area contributed by atoms with Crippen LogP contribution in [0.25, 0.3) is 0 Å². The predicted molar refractivity (Wildman–Crippen MR) is 54.2 cm³/mol. The summed E-state index contributed by atoms with van der Waals surface area (Å²) in [5.41, 5.74) is -0.114. The molecule has 1 fully saturated rings. The number of Topliss-reactive ketones (excluding diaryl/α,β-unsaturated/α-hetero) is 1. The summed E-state index contributed by atoms with van der Waals surface area (Å²) >= 11 is 0. The minimum absolute atomic E-state index is 0.114. The van der Waals surface area contributed by atoms with Crippen LogP contribution in [0, 0.1) is 17.6 Å². The van der Waals surface area contributed by atoms with E-state index >= 15 is 0 Å². The van der Waals surface area contributed by atoms with Gasteiger partial charge >= 0.3 is 0 Å². The zero-order chi connectivity index (χ0) is 11.5. The van der Waals surface area contributed by atoms with Crippen molar-refractivity contribution in [2.75, 3.05) is 13.2 Å². The number of rotatable bonds is 5. The number of ether oxygens (including phenoxy) is 1. The van der Waals surface area contributed by atoms with Crippen molar-refractivity contribution in [3.8, 4) is 0 Å². The molecule has 16 heavy (non-hydrogen) atoms. The number of hydrogen-bond acceptors (Lipinski definition) is 2. The SMILES string of the molecule is O=C(COCC1CC1)c1ccc(F)cc1F. The number of ketones is 1. The van der Waals surface area contributed by atoms with Crippen molar-refractivity contribution < 1.29 is 18.3 Å². The minimum Gasteiger partial charge on any atom is -0.373 e. The van der Waals surface area contributed by atoms with E-state index in [1.165, 1.54) is 0 Å². The monoisotopic (exact) mass is 226 g/mol. The quantitative estimate of drug-likeness (QED) is 0.721. The van der Waals surface area contributed by atoms with E-state index in [1.54, 1.807) is 0 Å². The summed E-state index contributed by atoms with van der Waals surface area (Å²) in [6.45, 7) is 0.410. The van der Waals surface area contributed by atoms with Gasteiger partial charge in [-0.1, -0.05) is 0 Å². The van der Waals surface area contributed by atoms with Gasteiger partial charge in [0.25, 0.3) is 0 Å². The van der Waals surface area contributed by atoms with E-state index in [9.17, 15) is 13.6 Å². The van der Waals surface area contributed by atoms with Crippen molar-refractivity contribution in [3.63, 3.8) is 0 Å². The number of hydrogen-bond donors (Lipinski definition) is 0. The van der Waals surface area contributed by atoms with E-state index < -0.39 is 17.4 Å². The van der Waals surface area contributed by atoms with Gasteiger partial charge in [0.1, 0.15) is 18.2 Å². The van der Waals surface area contributed by atoms with Crippen LogP contribution in [-0.4, -0.2) is 19.0 Å². The molecule has 2 nitrogen and oxygen atoms in total. The summed E-state index contributed by atoms with van der Waals surface area (Å²) in [5, 5.41) is 0. The van der Waals surface area contributed by atoms with Gasteiger partial charge in [0, 0.05) is 6.07 Å². The van der Waals surface area contributed by atoms with E-state index in [1.807, 2.05) is 0 Å². The summed E-state index contributed by atoms with van der Waals surface area (Å²) in [4.78, 5) is 11.5. The van der Waals surface area contributed by atoms with Crippen LogP contribution in [0.3, 0.4) is 0 Å². The Hall–Kier alpha value is -1.29. The minimum atomic E-state index is -0.833. The summed E-state index contributed by atoms with van der Waals surface area (Å²) in [6.07, 6.45) is 2.28. The first-order valence-electron chi connectivity index (χ1n) is 5.23. The Morgan fingerprint density at radius 2 is 2.12 bits per heavy atom. The Labute approximate surface area is 92.2 Å². The Morgan fingerprint density at radius 3 is 2.75 bits per heavy atom. The highest BCUT2D eigenvalue weighted by Crippen LogP contribution is 2.28. The van der Waals surface area contributed by atoms with Crippen molar-refractivity contribution in [3.05, 3.63) is 35.4 Å². The fourth-order valence-electron chi connectivity index (χ4n) is 1.40. The lowest BCUT2D eigenvalue weighted by Crippen LogP contribution is -2.12. The Bertz CT molecular complexity index is 400. The average molecular weight is 226 g/mol. The molecular formula is C12H12F2O2. The zero-order valence-corrected chi connectivity index (χ0v) is 8.71. The third-order valence-electron chi connectivity index (χ3n) is 2.52. The molecule has 0 aromatic heterocycles. The van der Waals surface area contributed by atoms with Crippen LogP contribution in [0.2, 0.25) is 0 Å². The maximum Gasteiger partial charge on any atom is 0.191 e. The van der Waals surface area contributed by atoms with Crippen LogP contribution in [0.15, 0.2) is 18.2 Å². The molecule has 0 amide bonds. The molecule has 1 aromatic rings. The molecule has 4 heteroatoms. The molecule has 0 bridgehead atoms. The summed E-state index contributed by atoms with van der Waals surface area (Å²) in [7, 11) is 0. The molecule has 86 valence electrons.